The number of hydrogen-bond acceptors (Lipinski definition) is 5. The molecule has 1 unspecified atom stereocenters. The van der Waals surface area contributed by atoms with E-state index >= 15 is 0 Å². The molecule has 3 rings (SSSR count). The topological polar surface area (TPSA) is 105 Å². The Balaban J connectivity index is 1.67. The maximum Gasteiger partial charge on any atom is 0.407 e. The maximum atomic E-state index is 12.9. The molecule has 0 aliphatic heterocycles. The number of nitrogens with one attached hydrogen (secondary N) is 2. The second-order valence-corrected chi connectivity index (χ2v) is 9.67. The van der Waals surface area contributed by atoms with E-state index in [0.29, 0.717) is 18.6 Å². The SMILES string of the molecule is CCCC(C)(NC(=O)[C@@H](CCSC)NC(=O)OCC1c2ccccc2-c2ccccc21)C(=O)O. The molecule has 1 aliphatic carbocycles. The van der Waals surface area contributed by atoms with Gasteiger partial charge in [-0.1, -0.05) is 61.9 Å². The van der Waals surface area contributed by atoms with E-state index in [1.54, 1.807) is 0 Å². The molecule has 2 aromatic carbocycles. The largest absolute Gasteiger partial charge is 0.480 e. The molecule has 34 heavy (non-hydrogen) atoms. The van der Waals surface area contributed by atoms with Crippen LogP contribution in [-0.2, 0) is 14.3 Å². The summed E-state index contributed by atoms with van der Waals surface area (Å²) in [6.07, 6.45) is 2.45. The zero-order chi connectivity index (χ0) is 24.7. The van der Waals surface area contributed by atoms with E-state index in [1.807, 2.05) is 49.6 Å². The number of alkyl carbamates (subject to hydrolysis) is 1. The minimum atomic E-state index is -1.40. The van der Waals surface area contributed by atoms with E-state index in [2.05, 4.69) is 22.8 Å². The van der Waals surface area contributed by atoms with Crippen LogP contribution in [0.25, 0.3) is 11.1 Å². The Bertz CT molecular complexity index is 998. The number of benzene rings is 2. The van der Waals surface area contributed by atoms with Gasteiger partial charge in [0.15, 0.2) is 0 Å². The van der Waals surface area contributed by atoms with Gasteiger partial charge in [0.05, 0.1) is 0 Å². The van der Waals surface area contributed by atoms with Gasteiger partial charge in [0.2, 0.25) is 5.91 Å². The molecule has 1 aliphatic rings. The summed E-state index contributed by atoms with van der Waals surface area (Å²) in [5.74, 6) is -1.09. The lowest BCUT2D eigenvalue weighted by Crippen LogP contribution is -2.58. The van der Waals surface area contributed by atoms with Gasteiger partial charge in [-0.15, -0.1) is 0 Å². The Morgan fingerprint density at radius 3 is 2.21 bits per heavy atom. The summed E-state index contributed by atoms with van der Waals surface area (Å²) in [6.45, 7) is 3.47. The van der Waals surface area contributed by atoms with Gasteiger partial charge < -0.3 is 20.5 Å². The highest BCUT2D eigenvalue weighted by Crippen LogP contribution is 2.44. The Hall–Kier alpha value is -3.00. The number of amides is 2. The van der Waals surface area contributed by atoms with Gasteiger partial charge in [-0.25, -0.2) is 9.59 Å². The number of thioether (sulfide) groups is 1. The van der Waals surface area contributed by atoms with Crippen LogP contribution in [0.4, 0.5) is 4.79 Å². The first-order chi connectivity index (χ1) is 16.3. The van der Waals surface area contributed by atoms with Crippen LogP contribution in [0.1, 0.15) is 50.2 Å². The van der Waals surface area contributed by atoms with Gasteiger partial charge >= 0.3 is 12.1 Å². The van der Waals surface area contributed by atoms with Crippen LogP contribution in [0.15, 0.2) is 48.5 Å². The smallest absolute Gasteiger partial charge is 0.407 e. The molecule has 0 saturated heterocycles. The zero-order valence-corrected chi connectivity index (χ0v) is 20.6. The van der Waals surface area contributed by atoms with Crippen LogP contribution in [0.5, 0.6) is 0 Å². The summed E-state index contributed by atoms with van der Waals surface area (Å²) >= 11 is 1.54. The molecule has 0 heterocycles. The average Bonchev–Trinajstić information content (AvgIpc) is 3.14. The van der Waals surface area contributed by atoms with Crippen molar-refractivity contribution in [3.63, 3.8) is 0 Å². The molecule has 2 atom stereocenters. The predicted molar refractivity (Wildman–Crippen MR) is 134 cm³/mol. The third-order valence-corrected chi connectivity index (χ3v) is 6.83. The zero-order valence-electron chi connectivity index (χ0n) is 19.8. The molecule has 8 heteroatoms. The first kappa shape index (κ1) is 25.6. The van der Waals surface area contributed by atoms with E-state index < -0.39 is 29.6 Å². The fourth-order valence-electron chi connectivity index (χ4n) is 4.37. The van der Waals surface area contributed by atoms with Gasteiger partial charge in [-0.2, -0.15) is 11.8 Å². The van der Waals surface area contributed by atoms with Gasteiger partial charge in [-0.3, -0.25) is 4.79 Å². The van der Waals surface area contributed by atoms with Crippen molar-refractivity contribution in [2.24, 2.45) is 0 Å². The van der Waals surface area contributed by atoms with Crippen molar-refractivity contribution >= 4 is 29.7 Å². The summed E-state index contributed by atoms with van der Waals surface area (Å²) < 4.78 is 5.57. The minimum Gasteiger partial charge on any atom is -0.480 e. The number of ether oxygens (including phenoxy) is 1. The second-order valence-electron chi connectivity index (χ2n) is 8.68. The predicted octanol–water partition coefficient (Wildman–Crippen LogP) is 4.41. The molecule has 182 valence electrons. The molecule has 7 nitrogen and oxygen atoms in total. The van der Waals surface area contributed by atoms with Crippen LogP contribution in [0, 0.1) is 0 Å². The van der Waals surface area contributed by atoms with E-state index in [9.17, 15) is 19.5 Å². The summed E-state index contributed by atoms with van der Waals surface area (Å²) in [6, 6.07) is 15.2. The Kier molecular flexibility index (Phi) is 8.61. The lowest BCUT2D eigenvalue weighted by molar-refractivity contribution is -0.147. The van der Waals surface area contributed by atoms with Crippen molar-refractivity contribution < 1.29 is 24.2 Å². The number of carboxylic acids is 1. The van der Waals surface area contributed by atoms with E-state index in [1.165, 1.54) is 18.7 Å². The van der Waals surface area contributed by atoms with Gasteiger partial charge in [-0.05, 0) is 54.0 Å². The third kappa shape index (κ3) is 5.73. The van der Waals surface area contributed by atoms with Crippen LogP contribution in [0.3, 0.4) is 0 Å². The first-order valence-corrected chi connectivity index (χ1v) is 12.9. The molecule has 0 radical (unpaired) electrons. The number of fused-ring (bicyclic) bond motifs is 3. The Morgan fingerprint density at radius 2 is 1.68 bits per heavy atom. The van der Waals surface area contributed by atoms with Crippen LogP contribution in [-0.4, -0.2) is 53.3 Å². The van der Waals surface area contributed by atoms with E-state index in [4.69, 9.17) is 4.74 Å². The van der Waals surface area contributed by atoms with Gasteiger partial charge in [0.1, 0.15) is 18.2 Å². The number of hydrogen-bond donors (Lipinski definition) is 3. The number of carbonyl (C=O) groups excluding carboxylic acids is 2. The number of aliphatic carboxylic acids is 1. The Morgan fingerprint density at radius 1 is 1.09 bits per heavy atom. The van der Waals surface area contributed by atoms with Crippen molar-refractivity contribution in [1.82, 2.24) is 10.6 Å². The molecule has 0 bridgehead atoms. The quantitative estimate of drug-likeness (QED) is 0.437. The second kappa shape index (κ2) is 11.4. The molecule has 0 fully saturated rings. The monoisotopic (exact) mass is 484 g/mol. The molecule has 2 aromatic rings. The minimum absolute atomic E-state index is 0.0866. The molecule has 0 aromatic heterocycles. The fourth-order valence-corrected chi connectivity index (χ4v) is 4.84. The lowest BCUT2D eigenvalue weighted by Gasteiger charge is -2.28. The average molecular weight is 485 g/mol. The standard InChI is InChI=1S/C26H32N2O5S/c1-4-14-26(2,24(30)31)28-23(29)22(13-15-34-3)27-25(32)33-16-21-19-11-7-5-9-17(19)18-10-6-8-12-20(18)21/h5-12,21-22H,4,13-16H2,1-3H3,(H,27,32)(H,28,29)(H,30,31)/t22-,26?/m1/s1. The molecule has 3 N–H and O–H groups in total. The highest BCUT2D eigenvalue weighted by atomic mass is 32.2. The summed E-state index contributed by atoms with van der Waals surface area (Å²) in [5, 5.41) is 14.8. The van der Waals surface area contributed by atoms with Crippen LogP contribution >= 0.6 is 11.8 Å². The summed E-state index contributed by atoms with van der Waals surface area (Å²) in [5.41, 5.74) is 3.07. The Labute approximate surface area is 204 Å². The van der Waals surface area contributed by atoms with Gasteiger partial charge in [0.25, 0.3) is 0 Å². The van der Waals surface area contributed by atoms with E-state index in [-0.39, 0.29) is 18.9 Å². The summed E-state index contributed by atoms with van der Waals surface area (Å²) in [4.78, 5) is 37.3. The van der Waals surface area contributed by atoms with Crippen molar-refractivity contribution in [2.75, 3.05) is 18.6 Å². The molecule has 0 spiro atoms. The lowest BCUT2D eigenvalue weighted by atomic mass is 9.95. The van der Waals surface area contributed by atoms with Crippen LogP contribution < -0.4 is 10.6 Å². The van der Waals surface area contributed by atoms with Crippen molar-refractivity contribution in [3.05, 3.63) is 59.7 Å². The molecule has 2 amide bonds. The third-order valence-electron chi connectivity index (χ3n) is 6.18. The number of rotatable bonds is 11. The fraction of sp³-hybridized carbons (Fsp3) is 0.423. The molecular formula is C26H32N2O5S. The summed E-state index contributed by atoms with van der Waals surface area (Å²) in [7, 11) is 0. The van der Waals surface area contributed by atoms with Crippen molar-refractivity contribution in [3.8, 4) is 11.1 Å². The van der Waals surface area contributed by atoms with E-state index in [0.717, 1.165) is 22.3 Å². The van der Waals surface area contributed by atoms with Crippen molar-refractivity contribution in [1.29, 1.82) is 0 Å². The van der Waals surface area contributed by atoms with Crippen LogP contribution in [0.2, 0.25) is 0 Å². The number of carboxylic acid groups (broad SMARTS) is 1. The maximum absolute atomic E-state index is 12.9. The normalized spacial score (nSPS) is 14.9. The highest BCUT2D eigenvalue weighted by Gasteiger charge is 2.36. The van der Waals surface area contributed by atoms with Gasteiger partial charge in [0, 0.05) is 5.92 Å². The molecule has 0 saturated carbocycles. The molecular weight excluding hydrogens is 452 g/mol. The number of carbonyl (C=O) groups is 3. The highest BCUT2D eigenvalue weighted by molar-refractivity contribution is 7.98. The first-order valence-electron chi connectivity index (χ1n) is 11.5. The van der Waals surface area contributed by atoms with Crippen molar-refractivity contribution in [2.45, 2.75) is 50.6 Å².